The lowest BCUT2D eigenvalue weighted by Gasteiger charge is -2.01. The molecular weight excluding hydrogens is 136 g/mol. The Morgan fingerprint density at radius 1 is 1.45 bits per heavy atom. The Balaban J connectivity index is 0.000000461. The van der Waals surface area contributed by atoms with E-state index in [4.69, 9.17) is 4.42 Å². The van der Waals surface area contributed by atoms with E-state index in [9.17, 15) is 0 Å². The summed E-state index contributed by atoms with van der Waals surface area (Å²) in [5.41, 5.74) is 0. The van der Waals surface area contributed by atoms with Gasteiger partial charge in [0.2, 0.25) is 0 Å². The lowest BCUT2D eigenvalue weighted by molar-refractivity contribution is 0.469. The number of furan rings is 1. The average molecular weight is 154 g/mol. The lowest BCUT2D eigenvalue weighted by atomic mass is 10.1. The molecule has 0 saturated carbocycles. The van der Waals surface area contributed by atoms with Gasteiger partial charge in [0.15, 0.2) is 0 Å². The van der Waals surface area contributed by atoms with E-state index in [1.807, 2.05) is 26.0 Å². The predicted molar refractivity (Wildman–Crippen MR) is 48.8 cm³/mol. The molecule has 11 heavy (non-hydrogen) atoms. The second-order valence-corrected chi connectivity index (χ2v) is 2.32. The van der Waals surface area contributed by atoms with Crippen LogP contribution in [-0.4, -0.2) is 0 Å². The first-order valence-electron chi connectivity index (χ1n) is 4.38. The smallest absolute Gasteiger partial charge is 0.106 e. The number of rotatable bonds is 2. The summed E-state index contributed by atoms with van der Waals surface area (Å²) in [6.45, 7) is 8.33. The highest BCUT2D eigenvalue weighted by atomic mass is 16.3. The molecule has 1 nitrogen and oxygen atoms in total. The zero-order chi connectivity index (χ0) is 8.69. The fourth-order valence-electron chi connectivity index (χ4n) is 0.773. The minimum Gasteiger partial charge on any atom is -0.469 e. The van der Waals surface area contributed by atoms with Crippen molar-refractivity contribution in [2.75, 3.05) is 0 Å². The average Bonchev–Trinajstić information content (AvgIpc) is 2.59. The summed E-state index contributed by atoms with van der Waals surface area (Å²) < 4.78 is 5.19. The van der Waals surface area contributed by atoms with Crippen molar-refractivity contribution in [1.29, 1.82) is 0 Å². The van der Waals surface area contributed by atoms with Crippen molar-refractivity contribution in [3.8, 4) is 0 Å². The SMILES string of the molecule is CC.CCC(C)c1ccco1. The molecule has 1 heteroatoms. The van der Waals surface area contributed by atoms with E-state index < -0.39 is 0 Å². The zero-order valence-corrected chi connectivity index (χ0v) is 7.92. The normalized spacial score (nSPS) is 11.6. The summed E-state index contributed by atoms with van der Waals surface area (Å²) in [5, 5.41) is 0. The van der Waals surface area contributed by atoms with Gasteiger partial charge in [0, 0.05) is 5.92 Å². The highest BCUT2D eigenvalue weighted by Crippen LogP contribution is 2.17. The maximum Gasteiger partial charge on any atom is 0.106 e. The van der Waals surface area contributed by atoms with E-state index in [1.165, 1.54) is 0 Å². The first-order valence-corrected chi connectivity index (χ1v) is 4.38. The van der Waals surface area contributed by atoms with Gasteiger partial charge >= 0.3 is 0 Å². The molecule has 0 saturated heterocycles. The lowest BCUT2D eigenvalue weighted by Crippen LogP contribution is -1.85. The van der Waals surface area contributed by atoms with Crippen LogP contribution >= 0.6 is 0 Å². The van der Waals surface area contributed by atoms with Crippen LogP contribution in [0.4, 0.5) is 0 Å². The standard InChI is InChI=1S/C8H12O.C2H6/c1-3-7(2)8-5-4-6-9-8;1-2/h4-7H,3H2,1-2H3;1-2H3. The van der Waals surface area contributed by atoms with Crippen molar-refractivity contribution >= 4 is 0 Å². The second kappa shape index (κ2) is 6.02. The monoisotopic (exact) mass is 154 g/mol. The van der Waals surface area contributed by atoms with Crippen molar-refractivity contribution in [2.24, 2.45) is 0 Å². The molecule has 1 aromatic heterocycles. The highest BCUT2D eigenvalue weighted by Gasteiger charge is 2.02. The van der Waals surface area contributed by atoms with Gasteiger partial charge in [-0.25, -0.2) is 0 Å². The van der Waals surface area contributed by atoms with Crippen molar-refractivity contribution in [3.05, 3.63) is 24.2 Å². The van der Waals surface area contributed by atoms with Gasteiger partial charge in [0.1, 0.15) is 5.76 Å². The van der Waals surface area contributed by atoms with Gasteiger partial charge in [-0.05, 0) is 18.6 Å². The Morgan fingerprint density at radius 3 is 2.45 bits per heavy atom. The fourth-order valence-corrected chi connectivity index (χ4v) is 0.773. The molecular formula is C10H18O. The van der Waals surface area contributed by atoms with Crippen molar-refractivity contribution in [2.45, 2.75) is 40.0 Å². The first kappa shape index (κ1) is 10.3. The van der Waals surface area contributed by atoms with E-state index in [-0.39, 0.29) is 0 Å². The Bertz CT molecular complexity index is 153. The Kier molecular flexibility index (Phi) is 5.63. The van der Waals surface area contributed by atoms with Crippen LogP contribution in [0.3, 0.4) is 0 Å². The quantitative estimate of drug-likeness (QED) is 0.631. The molecule has 1 rings (SSSR count). The molecule has 1 unspecified atom stereocenters. The summed E-state index contributed by atoms with van der Waals surface area (Å²) in [6, 6.07) is 3.95. The summed E-state index contributed by atoms with van der Waals surface area (Å²) in [7, 11) is 0. The van der Waals surface area contributed by atoms with Crippen LogP contribution < -0.4 is 0 Å². The van der Waals surface area contributed by atoms with E-state index in [0.29, 0.717) is 5.92 Å². The summed E-state index contributed by atoms with van der Waals surface area (Å²) in [5.74, 6) is 1.66. The zero-order valence-electron chi connectivity index (χ0n) is 7.92. The van der Waals surface area contributed by atoms with Gasteiger partial charge in [0.25, 0.3) is 0 Å². The summed E-state index contributed by atoms with van der Waals surface area (Å²) >= 11 is 0. The molecule has 1 aromatic rings. The molecule has 0 aliphatic carbocycles. The van der Waals surface area contributed by atoms with Crippen LogP contribution in [-0.2, 0) is 0 Å². The number of hydrogen-bond acceptors (Lipinski definition) is 1. The molecule has 0 fully saturated rings. The molecule has 0 aliphatic heterocycles. The van der Waals surface area contributed by atoms with Crippen LogP contribution in [0.1, 0.15) is 45.8 Å². The summed E-state index contributed by atoms with van der Waals surface area (Å²) in [4.78, 5) is 0. The Hall–Kier alpha value is -0.720. The molecule has 0 amide bonds. The van der Waals surface area contributed by atoms with E-state index >= 15 is 0 Å². The largest absolute Gasteiger partial charge is 0.469 e. The summed E-state index contributed by atoms with van der Waals surface area (Å²) in [6.07, 6.45) is 2.87. The molecule has 0 aliphatic rings. The van der Waals surface area contributed by atoms with Gasteiger partial charge in [-0.3, -0.25) is 0 Å². The highest BCUT2D eigenvalue weighted by molar-refractivity contribution is 5.03. The third kappa shape index (κ3) is 3.26. The topological polar surface area (TPSA) is 13.1 Å². The van der Waals surface area contributed by atoms with Gasteiger partial charge in [0.05, 0.1) is 6.26 Å². The molecule has 0 bridgehead atoms. The van der Waals surface area contributed by atoms with E-state index in [1.54, 1.807) is 6.26 Å². The third-order valence-corrected chi connectivity index (χ3v) is 1.64. The second-order valence-electron chi connectivity index (χ2n) is 2.32. The van der Waals surface area contributed by atoms with Crippen LogP contribution in [0.5, 0.6) is 0 Å². The van der Waals surface area contributed by atoms with Gasteiger partial charge < -0.3 is 4.42 Å². The van der Waals surface area contributed by atoms with Crippen molar-refractivity contribution in [3.63, 3.8) is 0 Å². The molecule has 0 N–H and O–H groups in total. The Morgan fingerprint density at radius 2 is 2.09 bits per heavy atom. The van der Waals surface area contributed by atoms with Crippen LogP contribution in [0.25, 0.3) is 0 Å². The maximum absolute atomic E-state index is 5.19. The molecule has 0 spiro atoms. The third-order valence-electron chi connectivity index (χ3n) is 1.64. The minimum absolute atomic E-state index is 0.569. The van der Waals surface area contributed by atoms with Crippen molar-refractivity contribution in [1.82, 2.24) is 0 Å². The molecule has 1 atom stereocenters. The van der Waals surface area contributed by atoms with Crippen LogP contribution in [0.15, 0.2) is 22.8 Å². The van der Waals surface area contributed by atoms with Crippen LogP contribution in [0.2, 0.25) is 0 Å². The van der Waals surface area contributed by atoms with E-state index in [0.717, 1.165) is 12.2 Å². The number of hydrogen-bond donors (Lipinski definition) is 0. The molecule has 0 radical (unpaired) electrons. The predicted octanol–water partition coefficient (Wildman–Crippen LogP) is 3.82. The van der Waals surface area contributed by atoms with Gasteiger partial charge in [-0.15, -0.1) is 0 Å². The minimum atomic E-state index is 0.569. The molecule has 1 heterocycles. The van der Waals surface area contributed by atoms with Crippen LogP contribution in [0, 0.1) is 0 Å². The molecule has 64 valence electrons. The maximum atomic E-state index is 5.19. The molecule has 0 aromatic carbocycles. The van der Waals surface area contributed by atoms with Gasteiger partial charge in [-0.1, -0.05) is 27.7 Å². The fraction of sp³-hybridized carbons (Fsp3) is 0.600. The first-order chi connectivity index (χ1) is 5.34. The Labute approximate surface area is 69.4 Å². The van der Waals surface area contributed by atoms with Gasteiger partial charge in [-0.2, -0.15) is 0 Å². The van der Waals surface area contributed by atoms with Crippen molar-refractivity contribution < 1.29 is 4.42 Å². The van der Waals surface area contributed by atoms with E-state index in [2.05, 4.69) is 13.8 Å².